The van der Waals surface area contributed by atoms with Gasteiger partial charge in [0.2, 0.25) is 5.91 Å². The number of benzene rings is 2. The summed E-state index contributed by atoms with van der Waals surface area (Å²) in [4.78, 5) is 26.2. The van der Waals surface area contributed by atoms with Gasteiger partial charge < -0.3 is 15.2 Å². The highest BCUT2D eigenvalue weighted by atomic mass is 16.5. The lowest BCUT2D eigenvalue weighted by Gasteiger charge is -2.32. The van der Waals surface area contributed by atoms with Gasteiger partial charge in [-0.15, -0.1) is 0 Å². The van der Waals surface area contributed by atoms with E-state index in [4.69, 9.17) is 4.74 Å². The van der Waals surface area contributed by atoms with Gasteiger partial charge in [-0.2, -0.15) is 0 Å². The molecule has 3 rings (SSSR count). The van der Waals surface area contributed by atoms with Crippen LogP contribution >= 0.6 is 0 Å². The Morgan fingerprint density at radius 1 is 1.11 bits per heavy atom. The number of carbonyl (C=O) groups excluding carboxylic acids is 1. The van der Waals surface area contributed by atoms with E-state index in [1.807, 2.05) is 18.2 Å². The summed E-state index contributed by atoms with van der Waals surface area (Å²) in [6.07, 6.45) is -0.102. The summed E-state index contributed by atoms with van der Waals surface area (Å²) in [7, 11) is 0. The molecule has 1 heterocycles. The molecule has 0 aliphatic carbocycles. The smallest absolute Gasteiger partial charge is 0.330 e. The van der Waals surface area contributed by atoms with Crippen molar-refractivity contribution in [1.29, 1.82) is 0 Å². The first-order valence-electron chi connectivity index (χ1n) is 9.07. The fourth-order valence-electron chi connectivity index (χ4n) is 3.25. The molecular weight excluding hydrogens is 344 g/mol. The van der Waals surface area contributed by atoms with E-state index in [2.05, 4.69) is 22.3 Å². The highest BCUT2D eigenvalue weighted by Crippen LogP contribution is 2.15. The van der Waals surface area contributed by atoms with Crippen LogP contribution in [0.3, 0.4) is 0 Å². The van der Waals surface area contributed by atoms with Gasteiger partial charge in [0, 0.05) is 19.6 Å². The SMILES string of the molecule is O=C(C[C@H]1CN(Cc2ccccc2)CCO1)N[C@@H](C(=O)O)c1ccccc1. The lowest BCUT2D eigenvalue weighted by molar-refractivity contribution is -0.142. The van der Waals surface area contributed by atoms with Crippen molar-refractivity contribution >= 4 is 11.9 Å². The molecule has 0 aromatic heterocycles. The molecule has 0 unspecified atom stereocenters. The van der Waals surface area contributed by atoms with E-state index in [-0.39, 0.29) is 18.4 Å². The number of nitrogens with one attached hydrogen (secondary N) is 1. The number of hydrogen-bond donors (Lipinski definition) is 2. The number of carboxylic acid groups (broad SMARTS) is 1. The van der Waals surface area contributed by atoms with Gasteiger partial charge in [0.15, 0.2) is 6.04 Å². The maximum Gasteiger partial charge on any atom is 0.330 e. The van der Waals surface area contributed by atoms with E-state index in [0.29, 0.717) is 18.7 Å². The third kappa shape index (κ3) is 5.64. The number of hydrogen-bond acceptors (Lipinski definition) is 4. The third-order valence-electron chi connectivity index (χ3n) is 4.57. The minimum absolute atomic E-state index is 0.141. The van der Waals surface area contributed by atoms with Crippen molar-refractivity contribution in [2.24, 2.45) is 0 Å². The molecular formula is C21H24N2O4. The zero-order valence-corrected chi connectivity index (χ0v) is 15.1. The molecule has 1 amide bonds. The Morgan fingerprint density at radius 3 is 2.44 bits per heavy atom. The Kier molecular flexibility index (Phi) is 6.57. The van der Waals surface area contributed by atoms with Crippen LogP contribution < -0.4 is 5.32 Å². The van der Waals surface area contributed by atoms with Gasteiger partial charge in [0.25, 0.3) is 0 Å². The third-order valence-corrected chi connectivity index (χ3v) is 4.57. The van der Waals surface area contributed by atoms with E-state index < -0.39 is 12.0 Å². The van der Waals surface area contributed by atoms with Gasteiger partial charge in [0.05, 0.1) is 19.1 Å². The molecule has 6 heteroatoms. The summed E-state index contributed by atoms with van der Waals surface area (Å²) >= 11 is 0. The zero-order valence-electron chi connectivity index (χ0n) is 15.1. The summed E-state index contributed by atoms with van der Waals surface area (Å²) in [6, 6.07) is 17.8. The van der Waals surface area contributed by atoms with Crippen molar-refractivity contribution in [3.63, 3.8) is 0 Å². The van der Waals surface area contributed by atoms with Crippen LogP contribution in [0, 0.1) is 0 Å². The number of rotatable bonds is 7. The average molecular weight is 368 g/mol. The van der Waals surface area contributed by atoms with E-state index in [1.54, 1.807) is 30.3 Å². The molecule has 0 saturated carbocycles. The van der Waals surface area contributed by atoms with Gasteiger partial charge in [-0.25, -0.2) is 4.79 Å². The molecule has 1 fully saturated rings. The summed E-state index contributed by atoms with van der Waals surface area (Å²) < 4.78 is 5.71. The molecule has 0 bridgehead atoms. The predicted molar refractivity (Wildman–Crippen MR) is 101 cm³/mol. The lowest BCUT2D eigenvalue weighted by atomic mass is 10.1. The molecule has 27 heavy (non-hydrogen) atoms. The minimum atomic E-state index is -1.08. The van der Waals surface area contributed by atoms with Crippen LogP contribution in [0.25, 0.3) is 0 Å². The lowest BCUT2D eigenvalue weighted by Crippen LogP contribution is -2.44. The first-order valence-corrected chi connectivity index (χ1v) is 9.07. The summed E-state index contributed by atoms with van der Waals surface area (Å²) in [6.45, 7) is 2.83. The summed E-state index contributed by atoms with van der Waals surface area (Å²) in [5.74, 6) is -1.40. The molecule has 2 atom stereocenters. The Hall–Kier alpha value is -2.70. The van der Waals surface area contributed by atoms with E-state index in [9.17, 15) is 14.7 Å². The van der Waals surface area contributed by atoms with Gasteiger partial charge in [-0.3, -0.25) is 9.69 Å². The summed E-state index contributed by atoms with van der Waals surface area (Å²) in [5, 5.41) is 12.0. The van der Waals surface area contributed by atoms with Gasteiger partial charge in [-0.1, -0.05) is 60.7 Å². The number of aliphatic carboxylic acids is 1. The Balaban J connectivity index is 1.54. The Morgan fingerprint density at radius 2 is 1.78 bits per heavy atom. The number of amides is 1. The van der Waals surface area contributed by atoms with Gasteiger partial charge in [-0.05, 0) is 11.1 Å². The number of ether oxygens (including phenoxy) is 1. The Bertz CT molecular complexity index is 751. The molecule has 2 aromatic carbocycles. The highest BCUT2D eigenvalue weighted by Gasteiger charge is 2.26. The van der Waals surface area contributed by atoms with Crippen molar-refractivity contribution in [2.75, 3.05) is 19.7 Å². The number of carboxylic acids is 1. The average Bonchev–Trinajstić information content (AvgIpc) is 2.68. The highest BCUT2D eigenvalue weighted by molar-refractivity contribution is 5.84. The second kappa shape index (κ2) is 9.30. The van der Waals surface area contributed by atoms with Crippen molar-refractivity contribution < 1.29 is 19.4 Å². The topological polar surface area (TPSA) is 78.9 Å². The van der Waals surface area contributed by atoms with Gasteiger partial charge >= 0.3 is 5.97 Å². The molecule has 1 aliphatic rings. The number of nitrogens with zero attached hydrogens (tertiary/aromatic N) is 1. The van der Waals surface area contributed by atoms with Crippen LogP contribution in [-0.2, 0) is 20.9 Å². The maximum atomic E-state index is 12.4. The summed E-state index contributed by atoms with van der Waals surface area (Å²) in [5.41, 5.74) is 1.77. The molecule has 6 nitrogen and oxygen atoms in total. The molecule has 1 saturated heterocycles. The fourth-order valence-corrected chi connectivity index (χ4v) is 3.25. The van der Waals surface area contributed by atoms with Crippen LogP contribution in [0.2, 0.25) is 0 Å². The van der Waals surface area contributed by atoms with Crippen molar-refractivity contribution in [2.45, 2.75) is 25.1 Å². The maximum absolute atomic E-state index is 12.4. The molecule has 142 valence electrons. The molecule has 0 radical (unpaired) electrons. The first-order chi connectivity index (χ1) is 13.1. The number of carbonyl (C=O) groups is 2. The van der Waals surface area contributed by atoms with Crippen LogP contribution in [0.5, 0.6) is 0 Å². The zero-order chi connectivity index (χ0) is 19.1. The van der Waals surface area contributed by atoms with Crippen molar-refractivity contribution in [3.05, 3.63) is 71.8 Å². The molecule has 1 aliphatic heterocycles. The standard InChI is InChI=1S/C21H24N2O4/c24-19(22-20(21(25)26)17-9-5-2-6-10-17)13-18-15-23(11-12-27-18)14-16-7-3-1-4-8-16/h1-10,18,20H,11-15H2,(H,22,24)(H,25,26)/t18-,20+/m0/s1. The predicted octanol–water partition coefficient (Wildman–Crippen LogP) is 2.22. The fraction of sp³-hybridized carbons (Fsp3) is 0.333. The van der Waals surface area contributed by atoms with E-state index >= 15 is 0 Å². The van der Waals surface area contributed by atoms with Crippen LogP contribution in [0.15, 0.2) is 60.7 Å². The van der Waals surface area contributed by atoms with Crippen LogP contribution in [0.1, 0.15) is 23.6 Å². The molecule has 0 spiro atoms. The normalized spacial score (nSPS) is 18.6. The van der Waals surface area contributed by atoms with E-state index in [1.165, 1.54) is 5.56 Å². The minimum Gasteiger partial charge on any atom is -0.479 e. The first kappa shape index (κ1) is 19.1. The Labute approximate surface area is 158 Å². The quantitative estimate of drug-likeness (QED) is 0.783. The van der Waals surface area contributed by atoms with Crippen molar-refractivity contribution in [1.82, 2.24) is 10.2 Å². The second-order valence-electron chi connectivity index (χ2n) is 6.67. The molecule has 2 N–H and O–H groups in total. The number of morpholine rings is 1. The van der Waals surface area contributed by atoms with E-state index in [0.717, 1.165) is 13.1 Å². The molecule has 2 aromatic rings. The van der Waals surface area contributed by atoms with Gasteiger partial charge in [0.1, 0.15) is 0 Å². The van der Waals surface area contributed by atoms with Crippen LogP contribution in [-0.4, -0.2) is 47.7 Å². The largest absolute Gasteiger partial charge is 0.479 e. The monoisotopic (exact) mass is 368 g/mol. The van der Waals surface area contributed by atoms with Crippen molar-refractivity contribution in [3.8, 4) is 0 Å². The van der Waals surface area contributed by atoms with Crippen LogP contribution in [0.4, 0.5) is 0 Å². The second-order valence-corrected chi connectivity index (χ2v) is 6.67.